The maximum atomic E-state index is 13.1. The van der Waals surface area contributed by atoms with E-state index in [0.29, 0.717) is 28.8 Å². The molecule has 2 heterocycles. The Hall–Kier alpha value is -2.91. The van der Waals surface area contributed by atoms with Crippen molar-refractivity contribution in [2.75, 3.05) is 25.0 Å². The van der Waals surface area contributed by atoms with Gasteiger partial charge in [0.2, 0.25) is 0 Å². The lowest BCUT2D eigenvalue weighted by Gasteiger charge is -2.35. The third-order valence-electron chi connectivity index (χ3n) is 5.33. The van der Waals surface area contributed by atoms with Gasteiger partial charge in [0, 0.05) is 11.9 Å². The van der Waals surface area contributed by atoms with E-state index < -0.39 is 17.6 Å². The number of hydrogen-bond acceptors (Lipinski definition) is 5. The number of nitrogens with one attached hydrogen (secondary N) is 1. The number of nitrogens with zero attached hydrogens (tertiary/aromatic N) is 3. The topological polar surface area (TPSA) is 84.1 Å². The summed E-state index contributed by atoms with van der Waals surface area (Å²) in [5, 5.41) is 3.54. The summed E-state index contributed by atoms with van der Waals surface area (Å²) >= 11 is 5.96. The van der Waals surface area contributed by atoms with Crippen LogP contribution in [0.25, 0.3) is 10.9 Å². The van der Waals surface area contributed by atoms with Gasteiger partial charge in [-0.1, -0.05) is 23.7 Å². The van der Waals surface area contributed by atoms with Crippen LogP contribution in [0.3, 0.4) is 0 Å². The number of carbonyl (C=O) groups excluding carboxylic acids is 1. The SMILES string of the molecule is NC(=O)c1cccc2c(N[C@H](CN3CCC3)c3ccc(C(F)(F)F)c(Cl)c3)ncnc12. The van der Waals surface area contributed by atoms with Crippen molar-refractivity contribution >= 4 is 34.2 Å². The Balaban J connectivity index is 1.72. The van der Waals surface area contributed by atoms with E-state index >= 15 is 0 Å². The van der Waals surface area contributed by atoms with Gasteiger partial charge in [-0.15, -0.1) is 0 Å². The maximum absolute atomic E-state index is 13.1. The number of anilines is 1. The standard InChI is InChI=1S/C21H19ClF3N5O/c22-16-9-12(5-6-15(16)21(23,24)25)17(10-30-7-2-8-30)29-20-14-4-1-3-13(19(26)31)18(14)27-11-28-20/h1,3-6,9,11,17H,2,7-8,10H2,(H2,26,31)(H,27,28,29)/t17-/m1/s1. The molecule has 0 spiro atoms. The van der Waals surface area contributed by atoms with E-state index in [-0.39, 0.29) is 16.6 Å². The summed E-state index contributed by atoms with van der Waals surface area (Å²) in [5.41, 5.74) is 5.84. The van der Waals surface area contributed by atoms with E-state index in [1.807, 2.05) is 0 Å². The van der Waals surface area contributed by atoms with E-state index in [0.717, 1.165) is 25.6 Å². The predicted octanol–water partition coefficient (Wildman–Crippen LogP) is 4.26. The number of para-hydroxylation sites is 1. The molecule has 6 nitrogen and oxygen atoms in total. The number of carbonyl (C=O) groups is 1. The third-order valence-corrected chi connectivity index (χ3v) is 5.64. The van der Waals surface area contributed by atoms with Gasteiger partial charge in [0.05, 0.1) is 27.7 Å². The Labute approximate surface area is 181 Å². The van der Waals surface area contributed by atoms with Crippen LogP contribution in [-0.4, -0.2) is 40.4 Å². The van der Waals surface area contributed by atoms with Gasteiger partial charge in [-0.05, 0) is 49.3 Å². The summed E-state index contributed by atoms with van der Waals surface area (Å²) in [4.78, 5) is 22.4. The number of hydrogen-bond donors (Lipinski definition) is 2. The first kappa shape index (κ1) is 21.3. The van der Waals surface area contributed by atoms with Crippen LogP contribution in [0.5, 0.6) is 0 Å². The van der Waals surface area contributed by atoms with Crippen molar-refractivity contribution in [1.82, 2.24) is 14.9 Å². The van der Waals surface area contributed by atoms with Crippen LogP contribution >= 0.6 is 11.6 Å². The van der Waals surface area contributed by atoms with Crippen LogP contribution in [0.4, 0.5) is 19.0 Å². The summed E-state index contributed by atoms with van der Waals surface area (Å²) in [6, 6.07) is 8.38. The lowest BCUT2D eigenvalue weighted by molar-refractivity contribution is -0.137. The van der Waals surface area contributed by atoms with Crippen molar-refractivity contribution < 1.29 is 18.0 Å². The molecule has 162 valence electrons. The van der Waals surface area contributed by atoms with Gasteiger partial charge < -0.3 is 16.0 Å². The second-order valence-corrected chi connectivity index (χ2v) is 7.78. The largest absolute Gasteiger partial charge is 0.417 e. The normalized spacial score (nSPS) is 15.5. The highest BCUT2D eigenvalue weighted by molar-refractivity contribution is 6.31. The molecule has 2 aromatic carbocycles. The molecule has 0 aliphatic carbocycles. The summed E-state index contributed by atoms with van der Waals surface area (Å²) in [6.45, 7) is 2.37. The van der Waals surface area contributed by atoms with Crippen molar-refractivity contribution in [3.8, 4) is 0 Å². The highest BCUT2D eigenvalue weighted by Crippen LogP contribution is 2.37. The first-order chi connectivity index (χ1) is 14.7. The van der Waals surface area contributed by atoms with Crippen LogP contribution in [0.1, 0.15) is 33.9 Å². The van der Waals surface area contributed by atoms with Crippen molar-refractivity contribution in [3.63, 3.8) is 0 Å². The lowest BCUT2D eigenvalue weighted by atomic mass is 10.0. The average Bonchev–Trinajstić information content (AvgIpc) is 2.68. The molecule has 0 saturated carbocycles. The number of benzene rings is 2. The minimum Gasteiger partial charge on any atom is -0.366 e. The molecule has 10 heteroatoms. The van der Waals surface area contributed by atoms with E-state index in [2.05, 4.69) is 20.2 Å². The molecule has 1 saturated heterocycles. The van der Waals surface area contributed by atoms with Crippen LogP contribution in [-0.2, 0) is 6.18 Å². The molecule has 0 bridgehead atoms. The van der Waals surface area contributed by atoms with Gasteiger partial charge in [-0.2, -0.15) is 13.2 Å². The zero-order chi connectivity index (χ0) is 22.2. The number of nitrogens with two attached hydrogens (primary N) is 1. The fourth-order valence-electron chi connectivity index (χ4n) is 3.60. The van der Waals surface area contributed by atoms with E-state index in [9.17, 15) is 18.0 Å². The molecule has 31 heavy (non-hydrogen) atoms. The van der Waals surface area contributed by atoms with Crippen LogP contribution in [0.2, 0.25) is 5.02 Å². The minimum atomic E-state index is -4.52. The molecule has 1 atom stereocenters. The lowest BCUT2D eigenvalue weighted by Crippen LogP contribution is -2.41. The molecule has 1 aliphatic rings. The Bertz CT molecular complexity index is 1130. The summed E-state index contributed by atoms with van der Waals surface area (Å²) in [6.07, 6.45) is -2.14. The number of likely N-dealkylation sites (tertiary alicyclic amines) is 1. The molecule has 3 aromatic rings. The minimum absolute atomic E-state index is 0.264. The Morgan fingerprint density at radius 1 is 1.23 bits per heavy atom. The van der Waals surface area contributed by atoms with Crippen molar-refractivity contribution in [3.05, 3.63) is 64.4 Å². The quantitative estimate of drug-likeness (QED) is 0.587. The molecule has 1 amide bonds. The van der Waals surface area contributed by atoms with Gasteiger partial charge in [0.15, 0.2) is 0 Å². The Morgan fingerprint density at radius 3 is 2.61 bits per heavy atom. The number of amides is 1. The predicted molar refractivity (Wildman–Crippen MR) is 112 cm³/mol. The molecule has 1 fully saturated rings. The maximum Gasteiger partial charge on any atom is 0.417 e. The monoisotopic (exact) mass is 449 g/mol. The number of rotatable bonds is 6. The van der Waals surface area contributed by atoms with Crippen LogP contribution < -0.4 is 11.1 Å². The van der Waals surface area contributed by atoms with E-state index in [4.69, 9.17) is 17.3 Å². The zero-order valence-electron chi connectivity index (χ0n) is 16.3. The number of aromatic nitrogens is 2. The van der Waals surface area contributed by atoms with Gasteiger partial charge in [-0.3, -0.25) is 4.79 Å². The van der Waals surface area contributed by atoms with Crippen LogP contribution in [0.15, 0.2) is 42.7 Å². The highest BCUT2D eigenvalue weighted by Gasteiger charge is 2.33. The number of primary amides is 1. The van der Waals surface area contributed by atoms with Crippen LogP contribution in [0, 0.1) is 0 Å². The highest BCUT2D eigenvalue weighted by atomic mass is 35.5. The number of alkyl halides is 3. The fourth-order valence-corrected chi connectivity index (χ4v) is 3.90. The summed E-state index contributed by atoms with van der Waals surface area (Å²) < 4.78 is 39.4. The van der Waals surface area contributed by atoms with Gasteiger partial charge in [0.1, 0.15) is 12.1 Å². The van der Waals surface area contributed by atoms with Gasteiger partial charge >= 0.3 is 6.18 Å². The molecule has 0 unspecified atom stereocenters. The number of halogens is 4. The summed E-state index contributed by atoms with van der Waals surface area (Å²) in [7, 11) is 0. The van der Waals surface area contributed by atoms with Gasteiger partial charge in [0.25, 0.3) is 5.91 Å². The Kier molecular flexibility index (Phi) is 5.72. The molecule has 1 aliphatic heterocycles. The molecular weight excluding hydrogens is 431 g/mol. The molecule has 1 aromatic heterocycles. The summed E-state index contributed by atoms with van der Waals surface area (Å²) in [5.74, 6) is -0.156. The third kappa shape index (κ3) is 4.42. The first-order valence-corrected chi connectivity index (χ1v) is 10.0. The van der Waals surface area contributed by atoms with Gasteiger partial charge in [-0.25, -0.2) is 9.97 Å². The van der Waals surface area contributed by atoms with Crippen molar-refractivity contribution in [1.29, 1.82) is 0 Å². The molecular formula is C21H19ClF3N5O. The molecule has 3 N–H and O–H groups in total. The number of fused-ring (bicyclic) bond motifs is 1. The van der Waals surface area contributed by atoms with E-state index in [1.165, 1.54) is 18.5 Å². The average molecular weight is 450 g/mol. The van der Waals surface area contributed by atoms with Crippen molar-refractivity contribution in [2.24, 2.45) is 5.73 Å². The zero-order valence-corrected chi connectivity index (χ0v) is 17.0. The molecule has 4 rings (SSSR count). The second-order valence-electron chi connectivity index (χ2n) is 7.38. The Morgan fingerprint density at radius 2 is 2.00 bits per heavy atom. The van der Waals surface area contributed by atoms with Crippen molar-refractivity contribution in [2.45, 2.75) is 18.6 Å². The second kappa shape index (κ2) is 8.32. The van der Waals surface area contributed by atoms with E-state index in [1.54, 1.807) is 18.2 Å². The smallest absolute Gasteiger partial charge is 0.366 e. The fraction of sp³-hybridized carbons (Fsp3) is 0.286. The molecule has 0 radical (unpaired) electrons. The first-order valence-electron chi connectivity index (χ1n) is 9.63.